The lowest BCUT2D eigenvalue weighted by atomic mass is 9.81. The Morgan fingerprint density at radius 3 is 2.88 bits per heavy atom. The first-order valence-electron chi connectivity index (χ1n) is 8.78. The lowest BCUT2D eigenvalue weighted by molar-refractivity contribution is 0.113. The van der Waals surface area contributed by atoms with E-state index in [2.05, 4.69) is 27.5 Å². The van der Waals surface area contributed by atoms with Crippen molar-refractivity contribution in [2.75, 3.05) is 19.7 Å². The molecule has 0 unspecified atom stereocenters. The maximum Gasteiger partial charge on any atom is 0.317 e. The van der Waals surface area contributed by atoms with Gasteiger partial charge >= 0.3 is 6.03 Å². The van der Waals surface area contributed by atoms with Gasteiger partial charge in [-0.05, 0) is 24.8 Å². The van der Waals surface area contributed by atoms with Crippen molar-refractivity contribution >= 4 is 6.03 Å². The molecule has 134 valence electrons. The molecule has 7 heteroatoms. The molecule has 0 aliphatic carbocycles. The van der Waals surface area contributed by atoms with Gasteiger partial charge in [-0.1, -0.05) is 30.3 Å². The number of piperidine rings is 1. The number of nitrogens with one attached hydrogen (secondary N) is 1. The van der Waals surface area contributed by atoms with Crippen molar-refractivity contribution in [3.63, 3.8) is 0 Å². The van der Waals surface area contributed by atoms with E-state index < -0.39 is 0 Å². The van der Waals surface area contributed by atoms with Gasteiger partial charge in [-0.2, -0.15) is 5.10 Å². The monoisotopic (exact) mass is 343 g/mol. The SMILES string of the molecule is CCn1ncnc1CNC(=O)N1CC[C@@H](c2ccccc2)[C@@H](CO)C1. The van der Waals surface area contributed by atoms with Gasteiger partial charge in [0.15, 0.2) is 0 Å². The highest BCUT2D eigenvalue weighted by atomic mass is 16.3. The molecule has 1 aliphatic heterocycles. The number of aromatic nitrogens is 3. The van der Waals surface area contributed by atoms with E-state index in [1.165, 1.54) is 11.9 Å². The van der Waals surface area contributed by atoms with Gasteiger partial charge in [0.1, 0.15) is 12.2 Å². The van der Waals surface area contributed by atoms with Gasteiger partial charge in [0, 0.05) is 32.2 Å². The third-order valence-corrected chi connectivity index (χ3v) is 4.88. The largest absolute Gasteiger partial charge is 0.396 e. The molecule has 2 aromatic rings. The van der Waals surface area contributed by atoms with Crippen molar-refractivity contribution in [2.45, 2.75) is 32.4 Å². The van der Waals surface area contributed by atoms with Gasteiger partial charge in [0.2, 0.25) is 0 Å². The van der Waals surface area contributed by atoms with Crippen molar-refractivity contribution in [3.8, 4) is 0 Å². The molecule has 7 nitrogen and oxygen atoms in total. The molecule has 0 saturated carbocycles. The van der Waals surface area contributed by atoms with E-state index in [1.807, 2.05) is 25.1 Å². The second kappa shape index (κ2) is 8.11. The Hall–Kier alpha value is -2.41. The second-order valence-electron chi connectivity index (χ2n) is 6.35. The number of hydrogen-bond acceptors (Lipinski definition) is 4. The Morgan fingerprint density at radius 2 is 2.16 bits per heavy atom. The molecule has 0 spiro atoms. The van der Waals surface area contributed by atoms with E-state index in [0.29, 0.717) is 25.6 Å². The smallest absolute Gasteiger partial charge is 0.317 e. The van der Waals surface area contributed by atoms with E-state index in [0.717, 1.165) is 18.8 Å². The molecule has 2 amide bonds. The number of hydrogen-bond donors (Lipinski definition) is 2. The minimum absolute atomic E-state index is 0.0567. The van der Waals surface area contributed by atoms with Crippen LogP contribution in [0.5, 0.6) is 0 Å². The van der Waals surface area contributed by atoms with Crippen LogP contribution in [-0.4, -0.2) is 50.5 Å². The van der Waals surface area contributed by atoms with Gasteiger partial charge in [-0.15, -0.1) is 0 Å². The van der Waals surface area contributed by atoms with Crippen LogP contribution < -0.4 is 5.32 Å². The molecule has 2 atom stereocenters. The zero-order chi connectivity index (χ0) is 17.6. The molecule has 3 rings (SSSR count). The number of aryl methyl sites for hydroxylation is 1. The molecule has 2 heterocycles. The minimum atomic E-state index is -0.115. The van der Waals surface area contributed by atoms with Crippen LogP contribution in [-0.2, 0) is 13.1 Å². The van der Waals surface area contributed by atoms with Gasteiger partial charge in [0.25, 0.3) is 0 Å². The lowest BCUT2D eigenvalue weighted by Gasteiger charge is -2.38. The second-order valence-corrected chi connectivity index (χ2v) is 6.35. The summed E-state index contributed by atoms with van der Waals surface area (Å²) < 4.78 is 1.76. The van der Waals surface area contributed by atoms with Crippen molar-refractivity contribution < 1.29 is 9.90 Å². The molecule has 1 fully saturated rings. The average Bonchev–Trinajstić information content (AvgIpc) is 3.13. The van der Waals surface area contributed by atoms with Gasteiger partial charge in [-0.3, -0.25) is 0 Å². The number of carbonyl (C=O) groups excluding carboxylic acids is 1. The van der Waals surface area contributed by atoms with E-state index >= 15 is 0 Å². The summed E-state index contributed by atoms with van der Waals surface area (Å²) in [5, 5.41) is 16.8. The summed E-state index contributed by atoms with van der Waals surface area (Å²) >= 11 is 0. The summed E-state index contributed by atoms with van der Waals surface area (Å²) in [6, 6.07) is 10.1. The first-order valence-corrected chi connectivity index (χ1v) is 8.78. The van der Waals surface area contributed by atoms with Gasteiger partial charge in [0.05, 0.1) is 6.54 Å². The Labute approximate surface area is 147 Å². The Bertz CT molecular complexity index is 688. The lowest BCUT2D eigenvalue weighted by Crippen LogP contribution is -2.48. The number of urea groups is 1. The summed E-state index contributed by atoms with van der Waals surface area (Å²) in [6.45, 7) is 4.38. The van der Waals surface area contributed by atoms with Crippen LogP contribution in [0.25, 0.3) is 0 Å². The molecular weight excluding hydrogens is 318 g/mol. The van der Waals surface area contributed by atoms with Crippen LogP contribution >= 0.6 is 0 Å². The Balaban J connectivity index is 1.58. The molecule has 1 aromatic heterocycles. The third-order valence-electron chi connectivity index (χ3n) is 4.88. The number of aliphatic hydroxyl groups is 1. The van der Waals surface area contributed by atoms with Gasteiger partial charge in [-0.25, -0.2) is 14.5 Å². The van der Waals surface area contributed by atoms with Crippen LogP contribution in [0.4, 0.5) is 4.79 Å². The Morgan fingerprint density at radius 1 is 1.36 bits per heavy atom. The molecule has 0 radical (unpaired) electrons. The molecule has 1 saturated heterocycles. The fourth-order valence-corrected chi connectivity index (χ4v) is 3.50. The molecule has 1 aromatic carbocycles. The predicted molar refractivity (Wildman–Crippen MR) is 93.9 cm³/mol. The number of benzene rings is 1. The van der Waals surface area contributed by atoms with Crippen molar-refractivity contribution in [2.24, 2.45) is 5.92 Å². The third kappa shape index (κ3) is 3.99. The molecule has 0 bridgehead atoms. The number of nitrogens with zero attached hydrogens (tertiary/aromatic N) is 4. The summed E-state index contributed by atoms with van der Waals surface area (Å²) in [5.74, 6) is 1.09. The van der Waals surface area contributed by atoms with Crippen LogP contribution in [0.15, 0.2) is 36.7 Å². The molecule has 1 aliphatic rings. The predicted octanol–water partition coefficient (Wildman–Crippen LogP) is 1.61. The first-order chi connectivity index (χ1) is 12.2. The van der Waals surface area contributed by atoms with E-state index in [9.17, 15) is 9.90 Å². The minimum Gasteiger partial charge on any atom is -0.396 e. The summed E-state index contributed by atoms with van der Waals surface area (Å²) in [4.78, 5) is 18.4. The zero-order valence-electron chi connectivity index (χ0n) is 14.5. The van der Waals surface area contributed by atoms with E-state index in [-0.39, 0.29) is 18.6 Å². The van der Waals surface area contributed by atoms with E-state index in [1.54, 1.807) is 9.58 Å². The zero-order valence-corrected chi connectivity index (χ0v) is 14.5. The van der Waals surface area contributed by atoms with Crippen molar-refractivity contribution in [1.29, 1.82) is 0 Å². The summed E-state index contributed by atoms with van der Waals surface area (Å²) in [6.07, 6.45) is 2.35. The quantitative estimate of drug-likeness (QED) is 0.864. The van der Waals surface area contributed by atoms with Crippen LogP contribution in [0.2, 0.25) is 0 Å². The number of aliphatic hydroxyl groups excluding tert-OH is 1. The van der Waals surface area contributed by atoms with Crippen molar-refractivity contribution in [1.82, 2.24) is 25.0 Å². The van der Waals surface area contributed by atoms with Crippen molar-refractivity contribution in [3.05, 3.63) is 48.0 Å². The Kier molecular flexibility index (Phi) is 5.65. The normalized spacial score (nSPS) is 20.5. The average molecular weight is 343 g/mol. The number of amides is 2. The molecule has 2 N–H and O–H groups in total. The maximum atomic E-state index is 12.5. The molecular formula is C18H25N5O2. The topological polar surface area (TPSA) is 83.3 Å². The van der Waals surface area contributed by atoms with Crippen LogP contribution in [0, 0.1) is 5.92 Å². The van der Waals surface area contributed by atoms with Gasteiger partial charge < -0.3 is 15.3 Å². The van der Waals surface area contributed by atoms with Crippen LogP contribution in [0.3, 0.4) is 0 Å². The highest BCUT2D eigenvalue weighted by Gasteiger charge is 2.31. The summed E-state index contributed by atoms with van der Waals surface area (Å²) in [5.41, 5.74) is 1.23. The highest BCUT2D eigenvalue weighted by Crippen LogP contribution is 2.32. The highest BCUT2D eigenvalue weighted by molar-refractivity contribution is 5.74. The summed E-state index contributed by atoms with van der Waals surface area (Å²) in [7, 11) is 0. The standard InChI is InChI=1S/C18H25N5O2/c1-2-23-17(20-13-21-23)10-19-18(25)22-9-8-16(15(11-22)12-24)14-6-4-3-5-7-14/h3-7,13,15-16,24H,2,8-12H2,1H3,(H,19,25)/t15-,16+/m1/s1. The number of rotatable bonds is 5. The fourth-order valence-electron chi connectivity index (χ4n) is 3.50. The fraction of sp³-hybridized carbons (Fsp3) is 0.500. The molecule has 25 heavy (non-hydrogen) atoms. The maximum absolute atomic E-state index is 12.5. The van der Waals surface area contributed by atoms with E-state index in [4.69, 9.17) is 0 Å². The number of carbonyl (C=O) groups is 1. The number of likely N-dealkylation sites (tertiary alicyclic amines) is 1. The first kappa shape index (κ1) is 17.4. The van der Waals surface area contributed by atoms with Crippen LogP contribution in [0.1, 0.15) is 30.7 Å².